The van der Waals surface area contributed by atoms with E-state index >= 15 is 0 Å². The molecule has 0 aliphatic carbocycles. The van der Waals surface area contributed by atoms with Crippen molar-refractivity contribution in [1.82, 2.24) is 4.57 Å². The maximum Gasteiger partial charge on any atom is 0.210 e. The Bertz CT molecular complexity index is 863. The molecule has 0 bridgehead atoms. The molecule has 22 heavy (non-hydrogen) atoms. The lowest BCUT2D eigenvalue weighted by molar-refractivity contribution is 0.475. The van der Waals surface area contributed by atoms with Crippen molar-refractivity contribution < 1.29 is 5.11 Å². The molecule has 1 aromatic heterocycles. The number of benzene rings is 2. The molecule has 0 atom stereocenters. The van der Waals surface area contributed by atoms with E-state index in [0.29, 0.717) is 0 Å². The molecule has 1 N–H and O–H groups in total. The summed E-state index contributed by atoms with van der Waals surface area (Å²) in [6.45, 7) is 0. The fourth-order valence-electron chi connectivity index (χ4n) is 2.07. The molecular formula is C17H15N3OS. The molecule has 5 heteroatoms. The van der Waals surface area contributed by atoms with E-state index in [-0.39, 0.29) is 5.75 Å². The van der Waals surface area contributed by atoms with Gasteiger partial charge in [0.1, 0.15) is 5.75 Å². The highest BCUT2D eigenvalue weighted by atomic mass is 32.1. The van der Waals surface area contributed by atoms with Crippen LogP contribution >= 0.6 is 11.3 Å². The first-order valence-corrected chi connectivity index (χ1v) is 7.68. The minimum Gasteiger partial charge on any atom is -0.508 e. The second kappa shape index (κ2) is 6.41. The highest BCUT2D eigenvalue weighted by Crippen LogP contribution is 2.22. The minimum absolute atomic E-state index is 0.254. The maximum atomic E-state index is 9.59. The molecule has 0 saturated carbocycles. The molecule has 0 spiro atoms. The Labute approximate surface area is 132 Å². The van der Waals surface area contributed by atoms with Gasteiger partial charge >= 0.3 is 0 Å². The van der Waals surface area contributed by atoms with Crippen LogP contribution in [0.4, 0.5) is 0 Å². The molecule has 0 amide bonds. The Morgan fingerprint density at radius 3 is 2.68 bits per heavy atom. The molecular weight excluding hydrogens is 294 g/mol. The van der Waals surface area contributed by atoms with Crippen LogP contribution in [0.2, 0.25) is 0 Å². The van der Waals surface area contributed by atoms with Gasteiger partial charge < -0.3 is 9.67 Å². The Morgan fingerprint density at radius 1 is 1.09 bits per heavy atom. The molecule has 1 heterocycles. The Hall–Kier alpha value is -2.66. The molecule has 2 aromatic carbocycles. The Morgan fingerprint density at radius 2 is 1.91 bits per heavy atom. The first kappa shape index (κ1) is 14.3. The number of hydrogen-bond acceptors (Lipinski definition) is 4. The molecule has 0 saturated heterocycles. The van der Waals surface area contributed by atoms with E-state index in [1.165, 1.54) is 11.3 Å². The van der Waals surface area contributed by atoms with Crippen molar-refractivity contribution >= 4 is 17.6 Å². The Balaban J connectivity index is 1.90. The van der Waals surface area contributed by atoms with E-state index < -0.39 is 0 Å². The highest BCUT2D eigenvalue weighted by molar-refractivity contribution is 7.07. The van der Waals surface area contributed by atoms with Crippen LogP contribution in [0.5, 0.6) is 5.75 Å². The first-order valence-electron chi connectivity index (χ1n) is 6.80. The van der Waals surface area contributed by atoms with Crippen LogP contribution in [0.3, 0.4) is 0 Å². The van der Waals surface area contributed by atoms with Crippen molar-refractivity contribution in [3.05, 3.63) is 70.3 Å². The summed E-state index contributed by atoms with van der Waals surface area (Å²) < 4.78 is 1.96. The minimum atomic E-state index is 0.254. The largest absolute Gasteiger partial charge is 0.508 e. The van der Waals surface area contributed by atoms with Gasteiger partial charge in [0.25, 0.3) is 0 Å². The lowest BCUT2D eigenvalue weighted by atomic mass is 10.1. The second-order valence-corrected chi connectivity index (χ2v) is 5.60. The number of nitrogens with zero attached hydrogens (tertiary/aromatic N) is 3. The molecule has 0 fully saturated rings. The maximum absolute atomic E-state index is 9.59. The van der Waals surface area contributed by atoms with Crippen molar-refractivity contribution in [2.75, 3.05) is 0 Å². The van der Waals surface area contributed by atoms with Crippen LogP contribution in [-0.2, 0) is 7.05 Å². The summed E-state index contributed by atoms with van der Waals surface area (Å²) >= 11 is 1.51. The zero-order chi connectivity index (χ0) is 15.4. The summed E-state index contributed by atoms with van der Waals surface area (Å²) in [5.74, 6) is 0.254. The van der Waals surface area contributed by atoms with Crippen molar-refractivity contribution in [1.29, 1.82) is 0 Å². The quantitative estimate of drug-likeness (QED) is 0.585. The number of hydrogen-bond donors (Lipinski definition) is 1. The lowest BCUT2D eigenvalue weighted by Gasteiger charge is -2.02. The number of phenolic OH excluding ortho intramolecular Hbond substituents is 1. The summed E-state index contributed by atoms with van der Waals surface area (Å²) in [4.78, 5) is 0.797. The highest BCUT2D eigenvalue weighted by Gasteiger charge is 2.04. The third-order valence-corrected chi connectivity index (χ3v) is 4.12. The lowest BCUT2D eigenvalue weighted by Crippen LogP contribution is -2.10. The molecule has 0 unspecified atom stereocenters. The average Bonchev–Trinajstić information content (AvgIpc) is 2.90. The summed E-state index contributed by atoms with van der Waals surface area (Å²) in [6.07, 6.45) is 1.73. The van der Waals surface area contributed by atoms with E-state index in [2.05, 4.69) is 10.2 Å². The number of phenols is 1. The van der Waals surface area contributed by atoms with Crippen LogP contribution in [0, 0.1) is 0 Å². The number of aromatic hydroxyl groups is 1. The molecule has 0 aliphatic rings. The topological polar surface area (TPSA) is 49.9 Å². The zero-order valence-electron chi connectivity index (χ0n) is 12.0. The molecule has 0 radical (unpaired) electrons. The van der Waals surface area contributed by atoms with E-state index in [1.807, 2.05) is 59.5 Å². The molecule has 110 valence electrons. The van der Waals surface area contributed by atoms with Crippen LogP contribution in [-0.4, -0.2) is 15.9 Å². The van der Waals surface area contributed by atoms with Gasteiger partial charge in [-0.05, 0) is 17.7 Å². The van der Waals surface area contributed by atoms with Crippen LogP contribution in [0.25, 0.3) is 11.3 Å². The SMILES string of the molecule is Cn1c(-c2cccc(O)c2)cs/c1=N\N=C/c1ccccc1. The van der Waals surface area contributed by atoms with Crippen molar-refractivity contribution in [3.8, 4) is 17.0 Å². The van der Waals surface area contributed by atoms with Crippen molar-refractivity contribution in [2.24, 2.45) is 17.3 Å². The number of thiazole rings is 1. The summed E-state index contributed by atoms with van der Waals surface area (Å²) in [6, 6.07) is 17.0. The van der Waals surface area contributed by atoms with E-state index in [4.69, 9.17) is 0 Å². The predicted molar refractivity (Wildman–Crippen MR) is 90.0 cm³/mol. The molecule has 0 aliphatic heterocycles. The molecule has 4 nitrogen and oxygen atoms in total. The number of aromatic nitrogens is 1. The molecule has 3 rings (SSSR count). The Kier molecular flexibility index (Phi) is 4.16. The monoisotopic (exact) mass is 309 g/mol. The standard InChI is InChI=1S/C17H15N3OS/c1-20-16(14-8-5-9-15(21)10-14)12-22-17(20)19-18-11-13-6-3-2-4-7-13/h2-12,21H,1H3/b18-11-,19-17-. The fourth-order valence-corrected chi connectivity index (χ4v) is 2.93. The van der Waals surface area contributed by atoms with Crippen LogP contribution < -0.4 is 4.80 Å². The van der Waals surface area contributed by atoms with Gasteiger partial charge in [0.2, 0.25) is 4.80 Å². The zero-order valence-corrected chi connectivity index (χ0v) is 12.9. The van der Waals surface area contributed by atoms with Gasteiger partial charge in [-0.3, -0.25) is 0 Å². The molecule has 3 aromatic rings. The van der Waals surface area contributed by atoms with E-state index in [0.717, 1.165) is 21.6 Å². The summed E-state index contributed by atoms with van der Waals surface area (Å²) in [7, 11) is 1.94. The predicted octanol–water partition coefficient (Wildman–Crippen LogP) is 3.39. The fraction of sp³-hybridized carbons (Fsp3) is 0.0588. The average molecular weight is 309 g/mol. The van der Waals surface area contributed by atoms with Crippen molar-refractivity contribution in [2.45, 2.75) is 0 Å². The van der Waals surface area contributed by atoms with Gasteiger partial charge in [-0.15, -0.1) is 16.4 Å². The van der Waals surface area contributed by atoms with E-state index in [1.54, 1.807) is 18.3 Å². The second-order valence-electron chi connectivity index (χ2n) is 4.77. The summed E-state index contributed by atoms with van der Waals surface area (Å²) in [5, 5.41) is 20.0. The van der Waals surface area contributed by atoms with Gasteiger partial charge in [-0.1, -0.05) is 42.5 Å². The van der Waals surface area contributed by atoms with Crippen LogP contribution in [0.1, 0.15) is 5.56 Å². The third-order valence-electron chi connectivity index (χ3n) is 3.22. The van der Waals surface area contributed by atoms with Gasteiger partial charge in [0.15, 0.2) is 0 Å². The van der Waals surface area contributed by atoms with Gasteiger partial charge in [-0.2, -0.15) is 5.10 Å². The summed E-state index contributed by atoms with van der Waals surface area (Å²) in [5.41, 5.74) is 2.96. The van der Waals surface area contributed by atoms with Gasteiger partial charge in [-0.25, -0.2) is 0 Å². The smallest absolute Gasteiger partial charge is 0.210 e. The normalized spacial score (nSPS) is 12.1. The number of rotatable bonds is 3. The van der Waals surface area contributed by atoms with E-state index in [9.17, 15) is 5.11 Å². The first-order chi connectivity index (χ1) is 10.7. The van der Waals surface area contributed by atoms with Crippen molar-refractivity contribution in [3.63, 3.8) is 0 Å². The third kappa shape index (κ3) is 3.15. The van der Waals surface area contributed by atoms with Crippen LogP contribution in [0.15, 0.2) is 70.2 Å². The van der Waals surface area contributed by atoms with Gasteiger partial charge in [0.05, 0.1) is 11.9 Å². The van der Waals surface area contributed by atoms with Gasteiger partial charge in [0, 0.05) is 18.0 Å².